The maximum atomic E-state index is 15.9. The van der Waals surface area contributed by atoms with Crippen molar-refractivity contribution in [2.45, 2.75) is 34.6 Å². The monoisotopic (exact) mass is 559 g/mol. The number of benzene rings is 5. The molecule has 2 atom stereocenters. The number of aryl methyl sites for hydroxylation is 5. The van der Waals surface area contributed by atoms with Crippen molar-refractivity contribution >= 4 is 63.2 Å². The summed E-state index contributed by atoms with van der Waals surface area (Å²) in [5, 5.41) is 4.91. The average Bonchev–Trinajstić information content (AvgIpc) is 2.93. The van der Waals surface area contributed by atoms with Crippen molar-refractivity contribution in [3.63, 3.8) is 0 Å². The summed E-state index contributed by atoms with van der Waals surface area (Å²) in [5.74, 6) is 0. The van der Waals surface area contributed by atoms with Gasteiger partial charge in [0, 0.05) is 31.8 Å². The molecule has 0 radical (unpaired) electrons. The first-order valence-electron chi connectivity index (χ1n) is 13.7. The largest absolute Gasteiger partial charge is 0.308 e. The molecule has 3 nitrogen and oxygen atoms in total. The van der Waals surface area contributed by atoms with Crippen molar-refractivity contribution in [2.24, 2.45) is 0 Å². The lowest BCUT2D eigenvalue weighted by Gasteiger charge is -2.45. The zero-order valence-corrected chi connectivity index (χ0v) is 25.2. The van der Waals surface area contributed by atoms with Crippen LogP contribution in [0.4, 0.5) is 17.1 Å². The average molecular weight is 560 g/mol. The third-order valence-electron chi connectivity index (χ3n) is 8.45. The van der Waals surface area contributed by atoms with Gasteiger partial charge in [0.2, 0.25) is 0 Å². The van der Waals surface area contributed by atoms with Crippen LogP contribution in [0.25, 0.3) is 0 Å². The summed E-state index contributed by atoms with van der Waals surface area (Å²) in [5.41, 5.74) is 7.70. The summed E-state index contributed by atoms with van der Waals surface area (Å²) in [6.07, 6.45) is 0. The van der Waals surface area contributed by atoms with E-state index >= 15 is 9.13 Å². The van der Waals surface area contributed by atoms with E-state index in [9.17, 15) is 0 Å². The van der Waals surface area contributed by atoms with E-state index in [0.717, 1.165) is 76.7 Å². The molecule has 2 unspecified atom stereocenters. The fourth-order valence-electron chi connectivity index (χ4n) is 6.58. The molecule has 0 bridgehead atoms. The summed E-state index contributed by atoms with van der Waals surface area (Å²) in [4.78, 5) is 2.23. The third kappa shape index (κ3) is 3.26. The Kier molecular flexibility index (Phi) is 5.50. The number of fused-ring (bicyclic) bond motifs is 4. The molecule has 0 aromatic heterocycles. The minimum absolute atomic E-state index is 0.773. The molecule has 2 heterocycles. The van der Waals surface area contributed by atoms with E-state index in [2.05, 4.69) is 67.3 Å². The van der Waals surface area contributed by atoms with Gasteiger partial charge in [-0.05, 0) is 87.7 Å². The fraction of sp³-hybridized carbons (Fsp3) is 0.143. The summed E-state index contributed by atoms with van der Waals surface area (Å²) in [7, 11) is -6.65. The summed E-state index contributed by atoms with van der Waals surface area (Å²) in [6, 6.07) is 32.7. The SMILES string of the molecule is Cc1ccc2c(c1)P(=O)(c1ccccc1C)c1cc(C)cc3c1N2c1ccc(C)cc1P3(=O)c1ccccc1C. The number of hydrogen-bond donors (Lipinski definition) is 0. The van der Waals surface area contributed by atoms with Crippen LogP contribution in [0.5, 0.6) is 0 Å². The molecular formula is C35H31NO2P2. The van der Waals surface area contributed by atoms with E-state index in [0.29, 0.717) is 0 Å². The van der Waals surface area contributed by atoms with E-state index in [4.69, 9.17) is 0 Å². The Bertz CT molecular complexity index is 1850. The molecule has 0 N–H and O–H groups in total. The van der Waals surface area contributed by atoms with Gasteiger partial charge in [0.05, 0.1) is 17.1 Å². The van der Waals surface area contributed by atoms with Crippen LogP contribution in [0.2, 0.25) is 0 Å². The van der Waals surface area contributed by atoms with E-state index in [1.165, 1.54) is 0 Å². The lowest BCUT2D eigenvalue weighted by Crippen LogP contribution is -2.46. The second kappa shape index (κ2) is 8.68. The number of anilines is 3. The van der Waals surface area contributed by atoms with Gasteiger partial charge in [-0.2, -0.15) is 0 Å². The summed E-state index contributed by atoms with van der Waals surface area (Å²) < 4.78 is 31.8. The zero-order valence-electron chi connectivity index (χ0n) is 23.4. The van der Waals surface area contributed by atoms with Crippen LogP contribution in [0, 0.1) is 34.6 Å². The molecular weight excluding hydrogens is 528 g/mol. The van der Waals surface area contributed by atoms with Gasteiger partial charge >= 0.3 is 0 Å². The number of hydrogen-bond acceptors (Lipinski definition) is 3. The Labute approximate surface area is 236 Å². The Morgan fingerprint density at radius 1 is 0.450 bits per heavy atom. The molecule has 5 aromatic rings. The summed E-state index contributed by atoms with van der Waals surface area (Å²) >= 11 is 0. The predicted octanol–water partition coefficient (Wildman–Crippen LogP) is 6.60. The molecule has 0 saturated carbocycles. The van der Waals surface area contributed by atoms with Crippen LogP contribution in [0.1, 0.15) is 27.8 Å². The van der Waals surface area contributed by atoms with Gasteiger partial charge < -0.3 is 14.0 Å². The molecule has 5 heteroatoms. The van der Waals surface area contributed by atoms with Gasteiger partial charge in [-0.25, -0.2) is 0 Å². The van der Waals surface area contributed by atoms with Crippen LogP contribution in [-0.2, 0) is 9.13 Å². The minimum Gasteiger partial charge on any atom is -0.308 e. The highest BCUT2D eigenvalue weighted by Gasteiger charge is 2.50. The fourth-order valence-corrected chi connectivity index (χ4v) is 13.5. The predicted molar refractivity (Wildman–Crippen MR) is 171 cm³/mol. The van der Waals surface area contributed by atoms with Gasteiger partial charge in [-0.3, -0.25) is 0 Å². The van der Waals surface area contributed by atoms with Crippen LogP contribution >= 0.6 is 14.3 Å². The molecule has 0 fully saturated rings. The molecule has 7 rings (SSSR count). The number of rotatable bonds is 2. The van der Waals surface area contributed by atoms with E-state index in [-0.39, 0.29) is 0 Å². The lowest BCUT2D eigenvalue weighted by molar-refractivity contribution is 0.592. The van der Waals surface area contributed by atoms with Gasteiger partial charge in [-0.1, -0.05) is 71.8 Å². The summed E-state index contributed by atoms with van der Waals surface area (Å²) in [6.45, 7) is 10.2. The minimum atomic E-state index is -3.32. The number of nitrogens with zero attached hydrogens (tertiary/aromatic N) is 1. The smallest absolute Gasteiger partial charge is 0.175 e. The van der Waals surface area contributed by atoms with Gasteiger partial charge in [-0.15, -0.1) is 0 Å². The second-order valence-electron chi connectivity index (χ2n) is 11.3. The van der Waals surface area contributed by atoms with E-state index in [1.807, 2.05) is 69.3 Å². The molecule has 0 aliphatic carbocycles. The van der Waals surface area contributed by atoms with E-state index < -0.39 is 14.3 Å². The zero-order chi connectivity index (χ0) is 28.0. The van der Waals surface area contributed by atoms with Crippen molar-refractivity contribution in [2.75, 3.05) is 4.90 Å². The maximum Gasteiger partial charge on any atom is 0.175 e. The normalized spacial score (nSPS) is 20.5. The molecule has 198 valence electrons. The first kappa shape index (κ1) is 25.3. The van der Waals surface area contributed by atoms with Crippen LogP contribution in [0.3, 0.4) is 0 Å². The highest BCUT2D eigenvalue weighted by Crippen LogP contribution is 2.61. The quantitative estimate of drug-likeness (QED) is 0.224. The van der Waals surface area contributed by atoms with Crippen LogP contribution < -0.4 is 36.7 Å². The van der Waals surface area contributed by atoms with Crippen molar-refractivity contribution in [3.8, 4) is 0 Å². The Hall–Kier alpha value is -3.64. The van der Waals surface area contributed by atoms with Gasteiger partial charge in [0.25, 0.3) is 0 Å². The highest BCUT2D eigenvalue weighted by molar-refractivity contribution is 7.88. The standard InChI is InChI=1S/C35H31NO2P2/c1-22-14-16-27-31(18-22)39(37,29-12-8-6-10-25(29)4)33-20-24(3)21-34-35(33)36(27)28-17-15-23(2)19-32(28)40(34,38)30-13-9-7-11-26(30)5/h6-21H,1-5H3. The third-order valence-corrected chi connectivity index (χ3v) is 14.9. The van der Waals surface area contributed by atoms with Crippen molar-refractivity contribution in [1.29, 1.82) is 0 Å². The Morgan fingerprint density at radius 3 is 1.27 bits per heavy atom. The lowest BCUT2D eigenvalue weighted by atomic mass is 10.1. The van der Waals surface area contributed by atoms with Crippen molar-refractivity contribution in [1.82, 2.24) is 0 Å². The van der Waals surface area contributed by atoms with E-state index in [1.54, 1.807) is 0 Å². The van der Waals surface area contributed by atoms with Crippen LogP contribution in [-0.4, -0.2) is 0 Å². The topological polar surface area (TPSA) is 37.4 Å². The van der Waals surface area contributed by atoms with Crippen molar-refractivity contribution < 1.29 is 9.13 Å². The van der Waals surface area contributed by atoms with Crippen LogP contribution in [0.15, 0.2) is 97.1 Å². The molecule has 0 spiro atoms. The molecule has 2 aliphatic rings. The van der Waals surface area contributed by atoms with Gasteiger partial charge in [0.15, 0.2) is 14.3 Å². The second-order valence-corrected chi connectivity index (χ2v) is 16.6. The maximum absolute atomic E-state index is 15.9. The molecule has 2 aliphatic heterocycles. The molecule has 0 saturated heterocycles. The molecule has 0 amide bonds. The Balaban J connectivity index is 1.71. The molecule has 40 heavy (non-hydrogen) atoms. The van der Waals surface area contributed by atoms with Gasteiger partial charge in [0.1, 0.15) is 0 Å². The highest BCUT2D eigenvalue weighted by atomic mass is 31.2. The Morgan fingerprint density at radius 2 is 0.850 bits per heavy atom. The molecule has 5 aromatic carbocycles. The first-order chi connectivity index (χ1) is 19.2. The first-order valence-corrected chi connectivity index (χ1v) is 17.1. The van der Waals surface area contributed by atoms with Crippen molar-refractivity contribution in [3.05, 3.63) is 125 Å².